The molecule has 0 spiro atoms. The largest absolute Gasteiger partial charge is 0.462 e. The predicted octanol–water partition coefficient (Wildman–Crippen LogP) is 2.76. The topological polar surface area (TPSA) is 67.8 Å². The van der Waals surface area contributed by atoms with Gasteiger partial charge in [-0.15, -0.1) is 0 Å². The number of nitrogens with one attached hydrogen (secondary N) is 1. The molecule has 0 bridgehead atoms. The first-order valence-corrected chi connectivity index (χ1v) is 5.46. The molecule has 2 aromatic heterocycles. The van der Waals surface area contributed by atoms with Gasteiger partial charge in [0.15, 0.2) is 5.76 Å². The van der Waals surface area contributed by atoms with Crippen LogP contribution in [-0.2, 0) is 6.42 Å². The fourth-order valence-corrected chi connectivity index (χ4v) is 1.81. The van der Waals surface area contributed by atoms with Gasteiger partial charge in [0.1, 0.15) is 11.5 Å². The Morgan fingerprint density at radius 2 is 2.25 bits per heavy atom. The lowest BCUT2D eigenvalue weighted by molar-refractivity contribution is 0.575. The van der Waals surface area contributed by atoms with Crippen LogP contribution in [0.4, 0.5) is 5.82 Å². The van der Waals surface area contributed by atoms with Gasteiger partial charge >= 0.3 is 0 Å². The smallest absolute Gasteiger partial charge is 0.154 e. The lowest BCUT2D eigenvalue weighted by Crippen LogP contribution is -1.99. The minimum atomic E-state index is 0.536. The van der Waals surface area contributed by atoms with E-state index in [4.69, 9.17) is 10.2 Å². The van der Waals surface area contributed by atoms with Crippen LogP contribution < -0.4 is 5.73 Å². The zero-order chi connectivity index (χ0) is 11.7. The van der Waals surface area contributed by atoms with Gasteiger partial charge in [0.2, 0.25) is 0 Å². The van der Waals surface area contributed by atoms with E-state index in [1.54, 1.807) is 6.26 Å². The summed E-state index contributed by atoms with van der Waals surface area (Å²) < 4.78 is 5.46. The third kappa shape index (κ3) is 1.83. The summed E-state index contributed by atoms with van der Waals surface area (Å²) in [5, 5.41) is 7.01. The third-order valence-corrected chi connectivity index (χ3v) is 2.60. The Labute approximate surface area is 94.8 Å². The number of hydrogen-bond donors (Lipinski definition) is 2. The predicted molar refractivity (Wildman–Crippen MR) is 64.0 cm³/mol. The number of aromatic nitrogens is 2. The van der Waals surface area contributed by atoms with Crippen LogP contribution in [0.3, 0.4) is 0 Å². The van der Waals surface area contributed by atoms with Crippen molar-refractivity contribution in [3.05, 3.63) is 23.5 Å². The van der Waals surface area contributed by atoms with Crippen LogP contribution in [0.2, 0.25) is 0 Å². The molecule has 2 aromatic rings. The Balaban J connectivity index is 2.46. The van der Waals surface area contributed by atoms with Crippen molar-refractivity contribution < 1.29 is 4.42 Å². The average Bonchev–Trinajstić information content (AvgIpc) is 2.75. The second-order valence-corrected chi connectivity index (χ2v) is 4.49. The molecule has 4 nitrogen and oxygen atoms in total. The van der Waals surface area contributed by atoms with Crippen molar-refractivity contribution in [2.45, 2.75) is 27.2 Å². The Bertz CT molecular complexity index is 482. The van der Waals surface area contributed by atoms with E-state index in [1.807, 2.05) is 13.0 Å². The lowest BCUT2D eigenvalue weighted by Gasteiger charge is -2.05. The molecule has 16 heavy (non-hydrogen) atoms. The monoisotopic (exact) mass is 219 g/mol. The molecule has 86 valence electrons. The van der Waals surface area contributed by atoms with Gasteiger partial charge in [-0.3, -0.25) is 5.10 Å². The van der Waals surface area contributed by atoms with Gasteiger partial charge in [-0.05, 0) is 30.9 Å². The van der Waals surface area contributed by atoms with E-state index in [-0.39, 0.29) is 0 Å². The zero-order valence-electron chi connectivity index (χ0n) is 9.87. The molecular weight excluding hydrogens is 202 g/mol. The van der Waals surface area contributed by atoms with Gasteiger partial charge in [-0.1, -0.05) is 13.8 Å². The maximum atomic E-state index is 5.86. The maximum absolute atomic E-state index is 5.86. The summed E-state index contributed by atoms with van der Waals surface area (Å²) in [5.41, 5.74) is 8.91. The molecule has 0 atom stereocenters. The highest BCUT2D eigenvalue weighted by molar-refractivity contribution is 5.66. The summed E-state index contributed by atoms with van der Waals surface area (Å²) in [6.07, 6.45) is 2.58. The molecule has 0 aliphatic heterocycles. The molecule has 0 aromatic carbocycles. The summed E-state index contributed by atoms with van der Waals surface area (Å²) in [6.45, 7) is 6.32. The van der Waals surface area contributed by atoms with E-state index < -0.39 is 0 Å². The number of H-pyrrole nitrogens is 1. The van der Waals surface area contributed by atoms with Gasteiger partial charge in [-0.25, -0.2) is 0 Å². The highest BCUT2D eigenvalue weighted by Gasteiger charge is 2.17. The van der Waals surface area contributed by atoms with E-state index in [1.165, 1.54) is 0 Å². The minimum absolute atomic E-state index is 0.536. The number of aromatic amines is 1. The van der Waals surface area contributed by atoms with E-state index in [0.29, 0.717) is 11.7 Å². The number of rotatable bonds is 3. The van der Waals surface area contributed by atoms with Crippen molar-refractivity contribution >= 4 is 5.82 Å². The van der Waals surface area contributed by atoms with Crippen molar-refractivity contribution in [1.29, 1.82) is 0 Å². The third-order valence-electron chi connectivity index (χ3n) is 2.60. The molecule has 0 fully saturated rings. The molecule has 3 N–H and O–H groups in total. The Hall–Kier alpha value is -1.71. The number of nitrogens with zero attached hydrogens (tertiary/aromatic N) is 1. The zero-order valence-corrected chi connectivity index (χ0v) is 9.87. The van der Waals surface area contributed by atoms with Gasteiger partial charge in [0.05, 0.1) is 6.26 Å². The first kappa shape index (κ1) is 10.8. The normalized spacial score (nSPS) is 11.2. The lowest BCUT2D eigenvalue weighted by atomic mass is 10.0. The van der Waals surface area contributed by atoms with E-state index in [9.17, 15) is 0 Å². The molecule has 0 unspecified atom stereocenters. The van der Waals surface area contributed by atoms with E-state index in [2.05, 4.69) is 24.0 Å². The number of hydrogen-bond acceptors (Lipinski definition) is 3. The van der Waals surface area contributed by atoms with Crippen molar-refractivity contribution in [2.24, 2.45) is 5.92 Å². The Morgan fingerprint density at radius 3 is 2.81 bits per heavy atom. The van der Waals surface area contributed by atoms with E-state index in [0.717, 1.165) is 29.0 Å². The standard InChI is InChI=1S/C12H17N3O/c1-7(2)6-9-10(14-15-12(9)13)11-8(3)4-5-16-11/h4-5,7H,6H2,1-3H3,(H3,13,14,15). The van der Waals surface area contributed by atoms with Crippen LogP contribution in [-0.4, -0.2) is 10.2 Å². The molecule has 0 radical (unpaired) electrons. The van der Waals surface area contributed by atoms with Crippen LogP contribution in [0.1, 0.15) is 25.0 Å². The summed E-state index contributed by atoms with van der Waals surface area (Å²) in [5.74, 6) is 1.94. The average molecular weight is 219 g/mol. The first-order valence-electron chi connectivity index (χ1n) is 5.46. The van der Waals surface area contributed by atoms with Crippen LogP contribution >= 0.6 is 0 Å². The Kier molecular flexibility index (Phi) is 2.73. The van der Waals surface area contributed by atoms with Crippen molar-refractivity contribution in [1.82, 2.24) is 10.2 Å². The summed E-state index contributed by atoms with van der Waals surface area (Å²) in [4.78, 5) is 0. The summed E-state index contributed by atoms with van der Waals surface area (Å²) in [6, 6.07) is 1.94. The van der Waals surface area contributed by atoms with Crippen molar-refractivity contribution in [2.75, 3.05) is 5.73 Å². The quantitative estimate of drug-likeness (QED) is 0.834. The van der Waals surface area contributed by atoms with Crippen LogP contribution in [0.15, 0.2) is 16.7 Å². The highest BCUT2D eigenvalue weighted by atomic mass is 16.3. The summed E-state index contributed by atoms with van der Waals surface area (Å²) >= 11 is 0. The van der Waals surface area contributed by atoms with Gasteiger partial charge in [0.25, 0.3) is 0 Å². The molecule has 0 saturated carbocycles. The second-order valence-electron chi connectivity index (χ2n) is 4.49. The van der Waals surface area contributed by atoms with Crippen molar-refractivity contribution in [3.8, 4) is 11.5 Å². The second kappa shape index (κ2) is 4.04. The SMILES string of the molecule is Cc1ccoc1-c1[nH]nc(N)c1CC(C)C. The maximum Gasteiger partial charge on any atom is 0.154 e. The molecule has 2 rings (SSSR count). The van der Waals surface area contributed by atoms with Crippen LogP contribution in [0.5, 0.6) is 0 Å². The Morgan fingerprint density at radius 1 is 1.50 bits per heavy atom. The number of nitrogen functional groups attached to an aromatic ring is 1. The fraction of sp³-hybridized carbons (Fsp3) is 0.417. The van der Waals surface area contributed by atoms with Gasteiger partial charge < -0.3 is 10.2 Å². The van der Waals surface area contributed by atoms with Gasteiger partial charge in [0, 0.05) is 5.56 Å². The number of furan rings is 1. The number of nitrogens with two attached hydrogens (primary N) is 1. The molecule has 4 heteroatoms. The van der Waals surface area contributed by atoms with E-state index >= 15 is 0 Å². The molecule has 0 amide bonds. The molecule has 2 heterocycles. The highest BCUT2D eigenvalue weighted by Crippen LogP contribution is 2.30. The van der Waals surface area contributed by atoms with Gasteiger partial charge in [-0.2, -0.15) is 5.10 Å². The number of anilines is 1. The number of aryl methyl sites for hydroxylation is 1. The molecule has 0 saturated heterocycles. The molecule has 0 aliphatic carbocycles. The summed E-state index contributed by atoms with van der Waals surface area (Å²) in [7, 11) is 0. The minimum Gasteiger partial charge on any atom is -0.462 e. The molecule has 0 aliphatic rings. The fourth-order valence-electron chi connectivity index (χ4n) is 1.81. The van der Waals surface area contributed by atoms with Crippen LogP contribution in [0.25, 0.3) is 11.5 Å². The molecular formula is C12H17N3O. The first-order chi connectivity index (χ1) is 7.59. The van der Waals surface area contributed by atoms with Crippen molar-refractivity contribution in [3.63, 3.8) is 0 Å². The van der Waals surface area contributed by atoms with Crippen LogP contribution in [0, 0.1) is 12.8 Å².